The lowest BCUT2D eigenvalue weighted by atomic mass is 9.91. The summed E-state index contributed by atoms with van der Waals surface area (Å²) in [4.78, 5) is 37.3. The van der Waals surface area contributed by atoms with Gasteiger partial charge < -0.3 is 0 Å². The highest BCUT2D eigenvalue weighted by atomic mass is 19.4. The summed E-state index contributed by atoms with van der Waals surface area (Å²) in [6, 6.07) is 16.0. The molecule has 1 aromatic heterocycles. The molecule has 162 valence electrons. The largest absolute Gasteiger partial charge is 0.416 e. The lowest BCUT2D eigenvalue weighted by molar-refractivity contribution is -0.137. The maximum atomic E-state index is 13.4. The third kappa shape index (κ3) is 3.21. The molecule has 0 aliphatic carbocycles. The number of nitrogens with zero attached hydrogens (tertiary/aromatic N) is 3. The Bertz CT molecular complexity index is 1170. The quantitative estimate of drug-likeness (QED) is 0.574. The molecule has 3 atom stereocenters. The van der Waals surface area contributed by atoms with Crippen molar-refractivity contribution < 1.29 is 27.6 Å². The van der Waals surface area contributed by atoms with Gasteiger partial charge in [-0.15, -0.1) is 0 Å². The van der Waals surface area contributed by atoms with Gasteiger partial charge in [0.15, 0.2) is 6.10 Å². The Hall–Kier alpha value is -3.72. The molecule has 2 aliphatic heterocycles. The number of para-hydroxylation sites is 1. The number of aromatic nitrogens is 1. The summed E-state index contributed by atoms with van der Waals surface area (Å²) < 4.78 is 39.5. The van der Waals surface area contributed by atoms with Gasteiger partial charge in [0.05, 0.1) is 23.0 Å². The van der Waals surface area contributed by atoms with E-state index in [1.807, 2.05) is 6.07 Å². The van der Waals surface area contributed by atoms with Crippen LogP contribution in [-0.2, 0) is 20.6 Å². The number of fused-ring (bicyclic) bond motifs is 1. The van der Waals surface area contributed by atoms with Crippen molar-refractivity contribution in [2.24, 2.45) is 5.92 Å². The van der Waals surface area contributed by atoms with Gasteiger partial charge in [-0.3, -0.25) is 19.4 Å². The molecule has 9 heteroatoms. The fourth-order valence-electron chi connectivity index (χ4n) is 4.19. The Morgan fingerprint density at radius 2 is 1.53 bits per heavy atom. The molecule has 0 saturated carbocycles. The molecule has 6 nitrogen and oxygen atoms in total. The topological polar surface area (TPSA) is 62.7 Å². The van der Waals surface area contributed by atoms with Gasteiger partial charge in [0.1, 0.15) is 5.92 Å². The molecule has 2 aromatic carbocycles. The number of anilines is 2. The van der Waals surface area contributed by atoms with Crippen LogP contribution in [0.5, 0.6) is 0 Å². The van der Waals surface area contributed by atoms with Crippen LogP contribution in [0.15, 0.2) is 79.1 Å². The second-order valence-electron chi connectivity index (χ2n) is 7.50. The van der Waals surface area contributed by atoms with E-state index in [0.717, 1.165) is 17.0 Å². The number of benzene rings is 2. The van der Waals surface area contributed by atoms with Crippen LogP contribution in [-0.4, -0.2) is 22.9 Å². The minimum atomic E-state index is -4.60. The third-order valence-corrected chi connectivity index (χ3v) is 5.61. The molecule has 2 aliphatic rings. The number of carbonyl (C=O) groups is 2. The van der Waals surface area contributed by atoms with Gasteiger partial charge in [0, 0.05) is 12.4 Å². The first kappa shape index (κ1) is 20.2. The fourth-order valence-corrected chi connectivity index (χ4v) is 4.19. The Morgan fingerprint density at radius 1 is 0.844 bits per heavy atom. The van der Waals surface area contributed by atoms with E-state index in [1.165, 1.54) is 17.2 Å². The molecule has 2 amide bonds. The Labute approximate surface area is 180 Å². The normalized spacial score (nSPS) is 23.0. The van der Waals surface area contributed by atoms with Crippen LogP contribution in [0, 0.1) is 5.92 Å². The van der Waals surface area contributed by atoms with Gasteiger partial charge in [-0.1, -0.05) is 24.3 Å². The van der Waals surface area contributed by atoms with E-state index in [9.17, 15) is 22.8 Å². The van der Waals surface area contributed by atoms with Crippen molar-refractivity contribution in [2.45, 2.75) is 18.3 Å². The monoisotopic (exact) mass is 439 g/mol. The van der Waals surface area contributed by atoms with E-state index < -0.39 is 41.6 Å². The number of pyridine rings is 1. The van der Waals surface area contributed by atoms with Crippen LogP contribution >= 0.6 is 0 Å². The number of hydroxylamine groups is 1. The molecule has 3 aromatic rings. The molecule has 3 unspecified atom stereocenters. The zero-order valence-electron chi connectivity index (χ0n) is 16.4. The Balaban J connectivity index is 1.56. The molecule has 0 radical (unpaired) electrons. The van der Waals surface area contributed by atoms with E-state index in [0.29, 0.717) is 11.3 Å². The summed E-state index contributed by atoms with van der Waals surface area (Å²) in [5.74, 6) is -2.24. The average molecular weight is 439 g/mol. The number of halogens is 3. The van der Waals surface area contributed by atoms with Crippen LogP contribution in [0.1, 0.15) is 17.2 Å². The lowest BCUT2D eigenvalue weighted by Gasteiger charge is -2.28. The molecular weight excluding hydrogens is 423 g/mol. The fraction of sp³-hybridized carbons (Fsp3) is 0.174. The Kier molecular flexibility index (Phi) is 4.70. The van der Waals surface area contributed by atoms with Crippen molar-refractivity contribution in [1.29, 1.82) is 0 Å². The van der Waals surface area contributed by atoms with E-state index in [4.69, 9.17) is 4.84 Å². The van der Waals surface area contributed by atoms with Crippen molar-refractivity contribution in [1.82, 2.24) is 4.98 Å². The van der Waals surface area contributed by atoms with Crippen molar-refractivity contribution >= 4 is 23.2 Å². The van der Waals surface area contributed by atoms with E-state index >= 15 is 0 Å². The molecule has 0 N–H and O–H groups in total. The number of alkyl halides is 3. The van der Waals surface area contributed by atoms with Gasteiger partial charge in [-0.2, -0.15) is 13.2 Å². The van der Waals surface area contributed by atoms with Crippen molar-refractivity contribution in [2.75, 3.05) is 9.96 Å². The Morgan fingerprint density at radius 3 is 2.22 bits per heavy atom. The first-order valence-corrected chi connectivity index (χ1v) is 9.82. The third-order valence-electron chi connectivity index (χ3n) is 5.61. The maximum Gasteiger partial charge on any atom is 0.416 e. The zero-order chi connectivity index (χ0) is 22.5. The van der Waals surface area contributed by atoms with Crippen LogP contribution in [0.25, 0.3) is 0 Å². The first-order chi connectivity index (χ1) is 15.4. The summed E-state index contributed by atoms with van der Waals surface area (Å²) in [7, 11) is 0. The molecule has 5 rings (SSSR count). The summed E-state index contributed by atoms with van der Waals surface area (Å²) in [5.41, 5.74) is 0.274. The highest BCUT2D eigenvalue weighted by Gasteiger charge is 2.60. The predicted molar refractivity (Wildman–Crippen MR) is 108 cm³/mol. The highest BCUT2D eigenvalue weighted by molar-refractivity contribution is 6.24. The highest BCUT2D eigenvalue weighted by Crippen LogP contribution is 2.47. The smallest absolute Gasteiger partial charge is 0.273 e. The van der Waals surface area contributed by atoms with Gasteiger partial charge in [0.25, 0.3) is 5.91 Å². The van der Waals surface area contributed by atoms with Crippen LogP contribution in [0.3, 0.4) is 0 Å². The number of hydrogen-bond acceptors (Lipinski definition) is 5. The molecule has 32 heavy (non-hydrogen) atoms. The molecule has 3 heterocycles. The van der Waals surface area contributed by atoms with Crippen LogP contribution in [0.2, 0.25) is 0 Å². The zero-order valence-corrected chi connectivity index (χ0v) is 16.4. The van der Waals surface area contributed by atoms with Crippen molar-refractivity contribution in [3.8, 4) is 0 Å². The van der Waals surface area contributed by atoms with Crippen LogP contribution in [0.4, 0.5) is 24.5 Å². The summed E-state index contributed by atoms with van der Waals surface area (Å²) in [5, 5.41) is 1.52. The molecule has 2 fully saturated rings. The molecular formula is C23H16F3N3O3. The predicted octanol–water partition coefficient (Wildman–Crippen LogP) is 4.15. The van der Waals surface area contributed by atoms with Gasteiger partial charge in [-0.25, -0.2) is 9.96 Å². The second kappa shape index (κ2) is 7.45. The number of hydrogen-bond donors (Lipinski definition) is 0. The lowest BCUT2D eigenvalue weighted by Crippen LogP contribution is -2.37. The minimum Gasteiger partial charge on any atom is -0.273 e. The SMILES string of the molecule is O=C1C2ON(c3ccccc3)C(c3ccncc3)C2C(=O)N1c1cccc(C(F)(F)F)c1. The standard InChI is InChI=1S/C23H16F3N3O3/c24-23(25,26)15-5-4-8-17(13-15)28-21(30)18-19(14-9-11-27-12-10-14)29(32-20(18)22(28)31)16-6-2-1-3-7-16/h1-13,18-20H. The van der Waals surface area contributed by atoms with Crippen LogP contribution < -0.4 is 9.96 Å². The first-order valence-electron chi connectivity index (χ1n) is 9.82. The minimum absolute atomic E-state index is 0.132. The van der Waals surface area contributed by atoms with Gasteiger partial charge in [0.2, 0.25) is 5.91 Å². The van der Waals surface area contributed by atoms with Gasteiger partial charge in [-0.05, 0) is 48.0 Å². The van der Waals surface area contributed by atoms with E-state index in [1.54, 1.807) is 48.8 Å². The summed E-state index contributed by atoms with van der Waals surface area (Å²) in [6.45, 7) is 0. The average Bonchev–Trinajstić information content (AvgIpc) is 3.30. The number of rotatable bonds is 3. The maximum absolute atomic E-state index is 13.4. The molecule has 0 bridgehead atoms. The second-order valence-corrected chi connectivity index (χ2v) is 7.50. The van der Waals surface area contributed by atoms with E-state index in [-0.39, 0.29) is 5.69 Å². The van der Waals surface area contributed by atoms with Crippen molar-refractivity contribution in [3.63, 3.8) is 0 Å². The number of amides is 2. The molecule has 0 spiro atoms. The van der Waals surface area contributed by atoms with E-state index in [2.05, 4.69) is 4.98 Å². The summed E-state index contributed by atoms with van der Waals surface area (Å²) >= 11 is 0. The van der Waals surface area contributed by atoms with Crippen molar-refractivity contribution in [3.05, 3.63) is 90.3 Å². The summed E-state index contributed by atoms with van der Waals surface area (Å²) in [6.07, 6.45) is -2.62. The number of imide groups is 1. The molecule has 2 saturated heterocycles. The number of carbonyl (C=O) groups excluding carboxylic acids is 2. The van der Waals surface area contributed by atoms with Gasteiger partial charge >= 0.3 is 6.18 Å².